The molecule has 0 aliphatic rings. The Balaban J connectivity index is 2.28. The molecule has 0 saturated carbocycles. The van der Waals surface area contributed by atoms with Gasteiger partial charge in [-0.2, -0.15) is 0 Å². The zero-order chi connectivity index (χ0) is 13.6. The fourth-order valence-electron chi connectivity index (χ4n) is 1.91. The molecule has 0 bridgehead atoms. The number of anilines is 1. The molecule has 0 radical (unpaired) electrons. The Morgan fingerprint density at radius 3 is 2.47 bits per heavy atom. The molecule has 0 aliphatic heterocycles. The molecular formula is C13H8F3N3. The summed E-state index contributed by atoms with van der Waals surface area (Å²) >= 11 is 0. The van der Waals surface area contributed by atoms with Crippen molar-refractivity contribution in [1.82, 2.24) is 9.38 Å². The third-order valence-corrected chi connectivity index (χ3v) is 2.83. The van der Waals surface area contributed by atoms with Gasteiger partial charge in [-0.15, -0.1) is 0 Å². The first-order valence-electron chi connectivity index (χ1n) is 5.45. The maximum absolute atomic E-state index is 13.6. The van der Waals surface area contributed by atoms with Crippen LogP contribution in [-0.2, 0) is 0 Å². The Morgan fingerprint density at radius 2 is 1.79 bits per heavy atom. The average Bonchev–Trinajstić information content (AvgIpc) is 2.72. The summed E-state index contributed by atoms with van der Waals surface area (Å²) in [5.41, 5.74) is 6.39. The van der Waals surface area contributed by atoms with Crippen molar-refractivity contribution in [1.29, 1.82) is 0 Å². The number of pyridine rings is 1. The Hall–Kier alpha value is -2.50. The normalized spacial score (nSPS) is 11.1. The first-order valence-corrected chi connectivity index (χ1v) is 5.45. The number of nitrogens with two attached hydrogens (primary N) is 1. The van der Waals surface area contributed by atoms with Crippen molar-refractivity contribution in [3.8, 4) is 11.3 Å². The highest BCUT2D eigenvalue weighted by Crippen LogP contribution is 2.28. The standard InChI is InChI=1S/C13H8F3N3/c14-8-4-3-7(6-10(8)16)11-12(17)19-5-1-2-9(15)13(19)18-11/h1-6H,17H2. The first-order chi connectivity index (χ1) is 9.08. The Kier molecular flexibility index (Phi) is 2.45. The molecule has 1 aromatic carbocycles. The van der Waals surface area contributed by atoms with Crippen LogP contribution in [0.1, 0.15) is 0 Å². The van der Waals surface area contributed by atoms with Gasteiger partial charge in [-0.1, -0.05) is 0 Å². The van der Waals surface area contributed by atoms with Crippen LogP contribution in [-0.4, -0.2) is 9.38 Å². The summed E-state index contributed by atoms with van der Waals surface area (Å²) in [6.45, 7) is 0. The van der Waals surface area contributed by atoms with E-state index >= 15 is 0 Å². The van der Waals surface area contributed by atoms with Crippen LogP contribution in [0.3, 0.4) is 0 Å². The highest BCUT2D eigenvalue weighted by molar-refractivity contribution is 5.75. The summed E-state index contributed by atoms with van der Waals surface area (Å²) in [5.74, 6) is -2.34. The molecule has 0 aliphatic carbocycles. The fourth-order valence-corrected chi connectivity index (χ4v) is 1.91. The summed E-state index contributed by atoms with van der Waals surface area (Å²) in [4.78, 5) is 4.03. The van der Waals surface area contributed by atoms with Crippen LogP contribution in [0.2, 0.25) is 0 Å². The van der Waals surface area contributed by atoms with E-state index in [1.54, 1.807) is 6.20 Å². The van der Waals surface area contributed by atoms with Gasteiger partial charge in [0, 0.05) is 11.8 Å². The maximum Gasteiger partial charge on any atom is 0.175 e. The van der Waals surface area contributed by atoms with Gasteiger partial charge < -0.3 is 5.73 Å². The van der Waals surface area contributed by atoms with E-state index in [0.717, 1.165) is 12.1 Å². The molecule has 0 atom stereocenters. The Bertz CT molecular complexity index is 780. The van der Waals surface area contributed by atoms with Gasteiger partial charge in [0.05, 0.1) is 0 Å². The van der Waals surface area contributed by atoms with E-state index in [1.807, 2.05) is 0 Å². The van der Waals surface area contributed by atoms with Gasteiger partial charge in [-0.3, -0.25) is 4.40 Å². The van der Waals surface area contributed by atoms with Gasteiger partial charge in [-0.05, 0) is 30.3 Å². The molecule has 2 heterocycles. The van der Waals surface area contributed by atoms with Crippen molar-refractivity contribution in [2.75, 3.05) is 5.73 Å². The highest BCUT2D eigenvalue weighted by Gasteiger charge is 2.15. The van der Waals surface area contributed by atoms with E-state index in [2.05, 4.69) is 4.98 Å². The topological polar surface area (TPSA) is 43.3 Å². The number of nitrogen functional groups attached to an aromatic ring is 1. The monoisotopic (exact) mass is 263 g/mol. The highest BCUT2D eigenvalue weighted by atomic mass is 19.2. The third-order valence-electron chi connectivity index (χ3n) is 2.83. The second kappa shape index (κ2) is 4.01. The van der Waals surface area contributed by atoms with E-state index in [-0.39, 0.29) is 17.2 Å². The lowest BCUT2D eigenvalue weighted by Gasteiger charge is -2.00. The zero-order valence-electron chi connectivity index (χ0n) is 9.57. The van der Waals surface area contributed by atoms with Gasteiger partial charge >= 0.3 is 0 Å². The number of benzene rings is 1. The molecule has 0 spiro atoms. The van der Waals surface area contributed by atoms with Gasteiger partial charge in [0.25, 0.3) is 0 Å². The SMILES string of the molecule is Nc1c(-c2ccc(F)c(F)c2)nc2c(F)cccn12. The molecule has 3 nitrogen and oxygen atoms in total. The van der Waals surface area contributed by atoms with Crippen molar-refractivity contribution in [2.24, 2.45) is 0 Å². The van der Waals surface area contributed by atoms with E-state index < -0.39 is 17.5 Å². The van der Waals surface area contributed by atoms with Crippen LogP contribution in [0.25, 0.3) is 16.9 Å². The minimum absolute atomic E-state index is 0.0414. The van der Waals surface area contributed by atoms with Gasteiger partial charge in [0.1, 0.15) is 11.5 Å². The van der Waals surface area contributed by atoms with Crippen molar-refractivity contribution in [2.45, 2.75) is 0 Å². The van der Waals surface area contributed by atoms with Gasteiger partial charge in [-0.25, -0.2) is 18.2 Å². The largest absolute Gasteiger partial charge is 0.383 e. The van der Waals surface area contributed by atoms with Crippen molar-refractivity contribution in [3.05, 3.63) is 54.0 Å². The molecule has 0 fully saturated rings. The molecule has 0 saturated heterocycles. The van der Waals surface area contributed by atoms with Gasteiger partial charge in [0.2, 0.25) is 0 Å². The van der Waals surface area contributed by atoms with Crippen molar-refractivity contribution < 1.29 is 13.2 Å². The second-order valence-electron chi connectivity index (χ2n) is 4.02. The quantitative estimate of drug-likeness (QED) is 0.733. The number of imidazole rings is 1. The van der Waals surface area contributed by atoms with Gasteiger partial charge in [0.15, 0.2) is 23.1 Å². The van der Waals surface area contributed by atoms with Crippen LogP contribution in [0.5, 0.6) is 0 Å². The van der Waals surface area contributed by atoms with Crippen LogP contribution >= 0.6 is 0 Å². The summed E-state index contributed by atoms with van der Waals surface area (Å²) in [5, 5.41) is 0. The summed E-state index contributed by atoms with van der Waals surface area (Å²) in [7, 11) is 0. The Morgan fingerprint density at radius 1 is 1.00 bits per heavy atom. The van der Waals surface area contributed by atoms with Crippen LogP contribution in [0.4, 0.5) is 19.0 Å². The lowest BCUT2D eigenvalue weighted by molar-refractivity contribution is 0.509. The maximum atomic E-state index is 13.6. The summed E-state index contributed by atoms with van der Waals surface area (Å²) in [6, 6.07) is 6.02. The number of hydrogen-bond donors (Lipinski definition) is 1. The molecule has 96 valence electrons. The lowest BCUT2D eigenvalue weighted by atomic mass is 10.1. The number of hydrogen-bond acceptors (Lipinski definition) is 2. The summed E-state index contributed by atoms with van der Waals surface area (Å²) in [6.07, 6.45) is 1.55. The molecule has 2 aromatic heterocycles. The molecule has 0 unspecified atom stereocenters. The van der Waals surface area contributed by atoms with E-state index in [4.69, 9.17) is 5.73 Å². The van der Waals surface area contributed by atoms with E-state index in [9.17, 15) is 13.2 Å². The number of rotatable bonds is 1. The fraction of sp³-hybridized carbons (Fsp3) is 0. The molecule has 3 aromatic rings. The minimum atomic E-state index is -1.01. The lowest BCUT2D eigenvalue weighted by Crippen LogP contribution is -1.95. The summed E-state index contributed by atoms with van der Waals surface area (Å²) < 4.78 is 41.0. The number of aromatic nitrogens is 2. The Labute approximate surface area is 106 Å². The number of fused-ring (bicyclic) bond motifs is 1. The van der Waals surface area contributed by atoms with Crippen LogP contribution < -0.4 is 5.73 Å². The predicted octanol–water partition coefficient (Wildman–Crippen LogP) is 3.00. The zero-order valence-corrected chi connectivity index (χ0v) is 9.57. The van der Waals surface area contributed by atoms with Crippen molar-refractivity contribution >= 4 is 11.5 Å². The second-order valence-corrected chi connectivity index (χ2v) is 4.02. The molecule has 6 heteroatoms. The van der Waals surface area contributed by atoms with E-state index in [1.165, 1.54) is 22.6 Å². The molecule has 3 rings (SSSR count). The average molecular weight is 263 g/mol. The molecule has 19 heavy (non-hydrogen) atoms. The smallest absolute Gasteiger partial charge is 0.175 e. The van der Waals surface area contributed by atoms with Crippen molar-refractivity contribution in [3.63, 3.8) is 0 Å². The predicted molar refractivity (Wildman–Crippen MR) is 64.9 cm³/mol. The number of nitrogens with zero attached hydrogens (tertiary/aromatic N) is 2. The number of halogens is 3. The minimum Gasteiger partial charge on any atom is -0.383 e. The molecular weight excluding hydrogens is 255 g/mol. The van der Waals surface area contributed by atoms with Crippen LogP contribution in [0.15, 0.2) is 36.5 Å². The van der Waals surface area contributed by atoms with E-state index in [0.29, 0.717) is 5.56 Å². The van der Waals surface area contributed by atoms with Crippen LogP contribution in [0, 0.1) is 17.5 Å². The first kappa shape index (κ1) is 11.6. The molecule has 0 amide bonds. The molecule has 2 N–H and O–H groups in total. The third kappa shape index (κ3) is 1.72.